The number of ether oxygens (including phenoxy) is 1. The summed E-state index contributed by atoms with van der Waals surface area (Å²) in [5, 5.41) is 0. The molecule has 1 heterocycles. The lowest BCUT2D eigenvalue weighted by atomic mass is 10.1. The Morgan fingerprint density at radius 1 is 1.50 bits per heavy atom. The molecule has 112 valence electrons. The van der Waals surface area contributed by atoms with Crippen molar-refractivity contribution in [2.45, 2.75) is 17.7 Å². The summed E-state index contributed by atoms with van der Waals surface area (Å²) in [4.78, 5) is -0.117. The van der Waals surface area contributed by atoms with Crippen LogP contribution in [0.4, 0.5) is 10.1 Å². The number of anilines is 1. The van der Waals surface area contributed by atoms with E-state index in [1.165, 1.54) is 6.07 Å². The highest BCUT2D eigenvalue weighted by Gasteiger charge is 2.21. The van der Waals surface area contributed by atoms with E-state index in [0.29, 0.717) is 25.5 Å². The highest BCUT2D eigenvalue weighted by molar-refractivity contribution is 9.10. The van der Waals surface area contributed by atoms with Crippen molar-refractivity contribution in [3.63, 3.8) is 0 Å². The zero-order valence-electron chi connectivity index (χ0n) is 10.7. The summed E-state index contributed by atoms with van der Waals surface area (Å²) in [5.74, 6) is -0.209. The van der Waals surface area contributed by atoms with Crippen molar-refractivity contribution in [1.29, 1.82) is 0 Å². The van der Waals surface area contributed by atoms with Gasteiger partial charge in [0.15, 0.2) is 0 Å². The second kappa shape index (κ2) is 6.38. The van der Waals surface area contributed by atoms with Crippen molar-refractivity contribution in [3.8, 4) is 0 Å². The maximum atomic E-state index is 13.2. The molecule has 0 amide bonds. The molecule has 1 atom stereocenters. The van der Waals surface area contributed by atoms with E-state index < -0.39 is 15.8 Å². The van der Waals surface area contributed by atoms with Gasteiger partial charge in [-0.25, -0.2) is 17.5 Å². The van der Waals surface area contributed by atoms with Crippen LogP contribution in [-0.2, 0) is 14.8 Å². The quantitative estimate of drug-likeness (QED) is 0.779. The second-order valence-electron chi connectivity index (χ2n) is 4.72. The fraction of sp³-hybridized carbons (Fsp3) is 0.500. The van der Waals surface area contributed by atoms with Gasteiger partial charge in [0, 0.05) is 19.8 Å². The van der Waals surface area contributed by atoms with E-state index in [4.69, 9.17) is 10.5 Å². The van der Waals surface area contributed by atoms with Crippen LogP contribution in [0.25, 0.3) is 0 Å². The predicted molar refractivity (Wildman–Crippen MR) is 77.2 cm³/mol. The SMILES string of the molecule is Nc1cc(F)c(Br)cc1S(=O)(=O)NCCC1CCOC1. The van der Waals surface area contributed by atoms with Crippen LogP contribution in [0, 0.1) is 11.7 Å². The van der Waals surface area contributed by atoms with Gasteiger partial charge in [0.2, 0.25) is 10.0 Å². The number of benzene rings is 1. The number of sulfonamides is 1. The van der Waals surface area contributed by atoms with Crippen LogP contribution in [-0.4, -0.2) is 28.2 Å². The molecule has 1 unspecified atom stereocenters. The van der Waals surface area contributed by atoms with E-state index in [0.717, 1.165) is 19.1 Å². The number of halogens is 2. The Kier molecular flexibility index (Phi) is 5.00. The third-order valence-corrected chi connectivity index (χ3v) is 5.34. The maximum absolute atomic E-state index is 13.2. The van der Waals surface area contributed by atoms with Gasteiger partial charge < -0.3 is 10.5 Å². The molecule has 1 aromatic carbocycles. The van der Waals surface area contributed by atoms with Crippen molar-refractivity contribution in [2.75, 3.05) is 25.5 Å². The fourth-order valence-electron chi connectivity index (χ4n) is 2.06. The van der Waals surface area contributed by atoms with Crippen LogP contribution in [0.15, 0.2) is 21.5 Å². The molecule has 0 saturated carbocycles. The molecule has 1 aliphatic heterocycles. The predicted octanol–water partition coefficient (Wildman–Crippen LogP) is 1.88. The van der Waals surface area contributed by atoms with Crippen LogP contribution in [0.1, 0.15) is 12.8 Å². The molecule has 1 aliphatic rings. The normalized spacial score (nSPS) is 19.4. The van der Waals surface area contributed by atoms with E-state index in [9.17, 15) is 12.8 Å². The molecule has 8 heteroatoms. The van der Waals surface area contributed by atoms with Crippen molar-refractivity contribution in [2.24, 2.45) is 5.92 Å². The van der Waals surface area contributed by atoms with E-state index in [1.54, 1.807) is 0 Å². The molecule has 3 N–H and O–H groups in total. The average Bonchev–Trinajstić information content (AvgIpc) is 2.86. The first kappa shape index (κ1) is 15.7. The van der Waals surface area contributed by atoms with Gasteiger partial charge in [-0.2, -0.15) is 0 Å². The molecule has 1 saturated heterocycles. The highest BCUT2D eigenvalue weighted by atomic mass is 79.9. The first-order valence-corrected chi connectivity index (χ1v) is 8.49. The molecular weight excluding hydrogens is 351 g/mol. The van der Waals surface area contributed by atoms with Gasteiger partial charge >= 0.3 is 0 Å². The van der Waals surface area contributed by atoms with E-state index in [1.807, 2.05) is 0 Å². The summed E-state index contributed by atoms with van der Waals surface area (Å²) in [7, 11) is -3.73. The summed E-state index contributed by atoms with van der Waals surface area (Å²) in [5.41, 5.74) is 5.46. The largest absolute Gasteiger partial charge is 0.398 e. The molecule has 0 aliphatic carbocycles. The minimum atomic E-state index is -3.73. The third-order valence-electron chi connectivity index (χ3n) is 3.21. The summed E-state index contributed by atoms with van der Waals surface area (Å²) < 4.78 is 45.3. The number of nitrogens with two attached hydrogens (primary N) is 1. The minimum absolute atomic E-state index is 0.0660. The summed E-state index contributed by atoms with van der Waals surface area (Å²) >= 11 is 2.96. The van der Waals surface area contributed by atoms with Crippen LogP contribution in [0.3, 0.4) is 0 Å². The van der Waals surface area contributed by atoms with Gasteiger partial charge in [0.25, 0.3) is 0 Å². The average molecular weight is 367 g/mol. The zero-order valence-corrected chi connectivity index (χ0v) is 13.1. The third kappa shape index (κ3) is 3.69. The zero-order chi connectivity index (χ0) is 14.8. The Bertz CT molecular complexity index is 589. The lowest BCUT2D eigenvalue weighted by molar-refractivity contribution is 0.184. The number of rotatable bonds is 5. The topological polar surface area (TPSA) is 81.4 Å². The Labute approximate surface area is 125 Å². The van der Waals surface area contributed by atoms with Crippen LogP contribution >= 0.6 is 15.9 Å². The second-order valence-corrected chi connectivity index (χ2v) is 7.31. The first-order valence-electron chi connectivity index (χ1n) is 6.22. The molecule has 0 bridgehead atoms. The van der Waals surface area contributed by atoms with Gasteiger partial charge in [0.05, 0.1) is 10.2 Å². The minimum Gasteiger partial charge on any atom is -0.398 e. The van der Waals surface area contributed by atoms with Gasteiger partial charge in [-0.3, -0.25) is 0 Å². The Morgan fingerprint density at radius 2 is 2.25 bits per heavy atom. The van der Waals surface area contributed by atoms with E-state index in [-0.39, 0.29) is 15.1 Å². The number of hydrogen-bond donors (Lipinski definition) is 2. The maximum Gasteiger partial charge on any atom is 0.242 e. The fourth-order valence-corrected chi connectivity index (χ4v) is 3.74. The Balaban J connectivity index is 2.04. The Hall–Kier alpha value is -0.700. The van der Waals surface area contributed by atoms with Gasteiger partial charge in [-0.15, -0.1) is 0 Å². The van der Waals surface area contributed by atoms with E-state index >= 15 is 0 Å². The van der Waals surface area contributed by atoms with Crippen molar-refractivity contribution in [1.82, 2.24) is 4.72 Å². The number of hydrogen-bond acceptors (Lipinski definition) is 4. The van der Waals surface area contributed by atoms with Gasteiger partial charge in [-0.05, 0) is 46.8 Å². The van der Waals surface area contributed by atoms with Crippen molar-refractivity contribution >= 4 is 31.6 Å². The van der Waals surface area contributed by atoms with E-state index in [2.05, 4.69) is 20.7 Å². The lowest BCUT2D eigenvalue weighted by Gasteiger charge is -2.11. The first-order chi connectivity index (χ1) is 9.40. The van der Waals surface area contributed by atoms with Crippen LogP contribution < -0.4 is 10.5 Å². The molecule has 20 heavy (non-hydrogen) atoms. The highest BCUT2D eigenvalue weighted by Crippen LogP contribution is 2.26. The molecule has 0 aromatic heterocycles. The van der Waals surface area contributed by atoms with Crippen molar-refractivity contribution in [3.05, 3.63) is 22.4 Å². The Morgan fingerprint density at radius 3 is 2.90 bits per heavy atom. The van der Waals surface area contributed by atoms with Crippen LogP contribution in [0.2, 0.25) is 0 Å². The summed E-state index contributed by atoms with van der Waals surface area (Å²) in [6.07, 6.45) is 1.66. The molecule has 1 aromatic rings. The number of nitrogens with one attached hydrogen (secondary N) is 1. The monoisotopic (exact) mass is 366 g/mol. The number of nitrogen functional groups attached to an aromatic ring is 1. The molecule has 0 radical (unpaired) electrons. The molecular formula is C12H16BrFN2O3S. The van der Waals surface area contributed by atoms with Gasteiger partial charge in [-0.1, -0.05) is 0 Å². The molecule has 0 spiro atoms. The van der Waals surface area contributed by atoms with Crippen molar-refractivity contribution < 1.29 is 17.5 Å². The standard InChI is InChI=1S/C12H16BrFN2O3S/c13-9-5-12(11(15)6-10(9)14)20(17,18)16-3-1-8-2-4-19-7-8/h5-6,8,16H,1-4,7,15H2. The lowest BCUT2D eigenvalue weighted by Crippen LogP contribution is -2.27. The smallest absolute Gasteiger partial charge is 0.242 e. The van der Waals surface area contributed by atoms with Gasteiger partial charge in [0.1, 0.15) is 10.7 Å². The molecule has 1 fully saturated rings. The molecule has 5 nitrogen and oxygen atoms in total. The summed E-state index contributed by atoms with van der Waals surface area (Å²) in [6, 6.07) is 2.16. The summed E-state index contributed by atoms with van der Waals surface area (Å²) in [6.45, 7) is 1.71. The molecule has 2 rings (SSSR count). The van der Waals surface area contributed by atoms with Crippen LogP contribution in [0.5, 0.6) is 0 Å².